The predicted molar refractivity (Wildman–Crippen MR) is 38.4 cm³/mol. The van der Waals surface area contributed by atoms with E-state index >= 15 is 0 Å². The second-order valence-corrected chi connectivity index (χ2v) is 2.50. The molecule has 0 N–H and O–H groups in total. The molecule has 1 aliphatic carbocycles. The highest BCUT2D eigenvalue weighted by Crippen LogP contribution is 2.23. The van der Waals surface area contributed by atoms with Crippen molar-refractivity contribution in [2.75, 3.05) is 6.61 Å². The van der Waals surface area contributed by atoms with Gasteiger partial charge in [0.25, 0.3) is 0 Å². The van der Waals surface area contributed by atoms with Gasteiger partial charge in [-0.15, -0.1) is 6.58 Å². The van der Waals surface area contributed by atoms with Gasteiger partial charge >= 0.3 is 0 Å². The Morgan fingerprint density at radius 3 is 2.89 bits per heavy atom. The maximum atomic E-state index is 5.41. The van der Waals surface area contributed by atoms with Crippen LogP contribution in [0.4, 0.5) is 0 Å². The molecule has 0 saturated heterocycles. The van der Waals surface area contributed by atoms with E-state index in [1.54, 1.807) is 0 Å². The number of allylic oxidation sites excluding steroid dienone is 1. The third-order valence-corrected chi connectivity index (χ3v) is 1.43. The Hall–Kier alpha value is -0.300. The average molecular weight is 126 g/mol. The summed E-state index contributed by atoms with van der Waals surface area (Å²) in [7, 11) is 0. The molecule has 0 amide bonds. The minimum Gasteiger partial charge on any atom is -0.378 e. The van der Waals surface area contributed by atoms with E-state index in [0.717, 1.165) is 19.4 Å². The van der Waals surface area contributed by atoms with Crippen molar-refractivity contribution in [3.63, 3.8) is 0 Å². The Kier molecular flexibility index (Phi) is 2.78. The van der Waals surface area contributed by atoms with Gasteiger partial charge in [-0.2, -0.15) is 0 Å². The van der Waals surface area contributed by atoms with E-state index in [1.807, 2.05) is 6.08 Å². The molecule has 0 heterocycles. The third-order valence-electron chi connectivity index (χ3n) is 1.43. The number of rotatable bonds is 5. The zero-order chi connectivity index (χ0) is 6.53. The molecule has 1 fully saturated rings. The summed E-state index contributed by atoms with van der Waals surface area (Å²) in [5, 5.41) is 0. The molecule has 52 valence electrons. The Labute approximate surface area is 56.7 Å². The lowest BCUT2D eigenvalue weighted by atomic mass is 10.3. The molecule has 0 unspecified atom stereocenters. The van der Waals surface area contributed by atoms with Crippen LogP contribution in [0.5, 0.6) is 0 Å². The minimum absolute atomic E-state index is 0.620. The first-order valence-electron chi connectivity index (χ1n) is 3.66. The second kappa shape index (κ2) is 3.67. The van der Waals surface area contributed by atoms with E-state index in [4.69, 9.17) is 4.74 Å². The first-order chi connectivity index (χ1) is 4.43. The van der Waals surface area contributed by atoms with Crippen molar-refractivity contribution in [1.29, 1.82) is 0 Å². The lowest BCUT2D eigenvalue weighted by molar-refractivity contribution is 0.118. The lowest BCUT2D eigenvalue weighted by Gasteiger charge is -1.97. The molecule has 0 aromatic rings. The quantitative estimate of drug-likeness (QED) is 0.405. The van der Waals surface area contributed by atoms with E-state index < -0.39 is 0 Å². The first-order valence-corrected chi connectivity index (χ1v) is 3.66. The van der Waals surface area contributed by atoms with Crippen molar-refractivity contribution in [3.8, 4) is 0 Å². The fraction of sp³-hybridized carbons (Fsp3) is 0.750. The average Bonchev–Trinajstić information content (AvgIpc) is 2.63. The summed E-state index contributed by atoms with van der Waals surface area (Å²) in [5.41, 5.74) is 0. The SMILES string of the molecule is C=CCCCOC1CC1. The first kappa shape index (κ1) is 6.81. The van der Waals surface area contributed by atoms with Crippen LogP contribution in [-0.4, -0.2) is 12.7 Å². The molecule has 1 nitrogen and oxygen atoms in total. The summed E-state index contributed by atoms with van der Waals surface area (Å²) in [6.07, 6.45) is 7.36. The fourth-order valence-corrected chi connectivity index (χ4v) is 0.712. The highest BCUT2D eigenvalue weighted by molar-refractivity contribution is 4.73. The van der Waals surface area contributed by atoms with Crippen molar-refractivity contribution < 1.29 is 4.74 Å². The molecule has 1 rings (SSSR count). The van der Waals surface area contributed by atoms with Crippen LogP contribution in [0.15, 0.2) is 12.7 Å². The van der Waals surface area contributed by atoms with Crippen LogP contribution >= 0.6 is 0 Å². The standard InChI is InChI=1S/C8H14O/c1-2-3-4-7-9-8-5-6-8/h2,8H,1,3-7H2. The number of hydrogen-bond acceptors (Lipinski definition) is 1. The van der Waals surface area contributed by atoms with E-state index in [0.29, 0.717) is 6.10 Å². The smallest absolute Gasteiger partial charge is 0.0577 e. The van der Waals surface area contributed by atoms with Gasteiger partial charge in [0.15, 0.2) is 0 Å². The zero-order valence-corrected chi connectivity index (χ0v) is 5.81. The number of hydrogen-bond donors (Lipinski definition) is 0. The fourth-order valence-electron chi connectivity index (χ4n) is 0.712. The molecule has 0 radical (unpaired) electrons. The summed E-state index contributed by atoms with van der Waals surface area (Å²) in [4.78, 5) is 0. The van der Waals surface area contributed by atoms with Crippen molar-refractivity contribution in [1.82, 2.24) is 0 Å². The van der Waals surface area contributed by atoms with Gasteiger partial charge in [-0.25, -0.2) is 0 Å². The van der Waals surface area contributed by atoms with Gasteiger partial charge in [0.2, 0.25) is 0 Å². The topological polar surface area (TPSA) is 9.23 Å². The molecular formula is C8H14O. The number of ether oxygens (including phenoxy) is 1. The zero-order valence-electron chi connectivity index (χ0n) is 5.81. The summed E-state index contributed by atoms with van der Waals surface area (Å²) < 4.78 is 5.41. The van der Waals surface area contributed by atoms with Crippen LogP contribution in [0.1, 0.15) is 25.7 Å². The van der Waals surface area contributed by atoms with Crippen LogP contribution in [-0.2, 0) is 4.74 Å². The summed E-state index contributed by atoms with van der Waals surface area (Å²) >= 11 is 0. The lowest BCUT2D eigenvalue weighted by Crippen LogP contribution is -1.94. The van der Waals surface area contributed by atoms with Crippen molar-refractivity contribution in [3.05, 3.63) is 12.7 Å². The normalized spacial score (nSPS) is 17.8. The Morgan fingerprint density at radius 2 is 2.33 bits per heavy atom. The minimum atomic E-state index is 0.620. The second-order valence-electron chi connectivity index (χ2n) is 2.50. The van der Waals surface area contributed by atoms with Crippen LogP contribution in [0, 0.1) is 0 Å². The molecule has 1 heteroatoms. The summed E-state index contributed by atoms with van der Waals surface area (Å²) in [6.45, 7) is 4.56. The van der Waals surface area contributed by atoms with Gasteiger partial charge in [-0.1, -0.05) is 6.08 Å². The molecular weight excluding hydrogens is 112 g/mol. The summed E-state index contributed by atoms with van der Waals surface area (Å²) in [6, 6.07) is 0. The maximum Gasteiger partial charge on any atom is 0.0577 e. The van der Waals surface area contributed by atoms with Gasteiger partial charge in [0.05, 0.1) is 6.10 Å². The molecule has 1 saturated carbocycles. The molecule has 0 aliphatic heterocycles. The Balaban J connectivity index is 1.75. The largest absolute Gasteiger partial charge is 0.378 e. The third kappa shape index (κ3) is 3.31. The monoisotopic (exact) mass is 126 g/mol. The van der Waals surface area contributed by atoms with Crippen LogP contribution in [0.25, 0.3) is 0 Å². The molecule has 1 aliphatic rings. The van der Waals surface area contributed by atoms with E-state index in [-0.39, 0.29) is 0 Å². The van der Waals surface area contributed by atoms with Gasteiger partial charge in [0.1, 0.15) is 0 Å². The molecule has 0 aromatic carbocycles. The predicted octanol–water partition coefficient (Wildman–Crippen LogP) is 2.13. The Bertz CT molecular complexity index is 84.6. The van der Waals surface area contributed by atoms with Crippen LogP contribution < -0.4 is 0 Å². The van der Waals surface area contributed by atoms with Crippen molar-refractivity contribution in [2.24, 2.45) is 0 Å². The molecule has 9 heavy (non-hydrogen) atoms. The number of unbranched alkanes of at least 4 members (excludes halogenated alkanes) is 1. The summed E-state index contributed by atoms with van der Waals surface area (Å²) in [5.74, 6) is 0. The Morgan fingerprint density at radius 1 is 1.56 bits per heavy atom. The highest BCUT2D eigenvalue weighted by atomic mass is 16.5. The molecule has 0 spiro atoms. The highest BCUT2D eigenvalue weighted by Gasteiger charge is 2.21. The van der Waals surface area contributed by atoms with Crippen molar-refractivity contribution >= 4 is 0 Å². The van der Waals surface area contributed by atoms with E-state index in [2.05, 4.69) is 6.58 Å². The molecule has 0 atom stereocenters. The van der Waals surface area contributed by atoms with E-state index in [1.165, 1.54) is 12.8 Å². The van der Waals surface area contributed by atoms with Gasteiger partial charge < -0.3 is 4.74 Å². The van der Waals surface area contributed by atoms with Crippen LogP contribution in [0.3, 0.4) is 0 Å². The van der Waals surface area contributed by atoms with Gasteiger partial charge in [-0.3, -0.25) is 0 Å². The van der Waals surface area contributed by atoms with Gasteiger partial charge in [-0.05, 0) is 25.7 Å². The molecule has 0 aromatic heterocycles. The van der Waals surface area contributed by atoms with Crippen molar-refractivity contribution in [2.45, 2.75) is 31.8 Å². The van der Waals surface area contributed by atoms with E-state index in [9.17, 15) is 0 Å². The molecule has 0 bridgehead atoms. The van der Waals surface area contributed by atoms with Gasteiger partial charge in [0, 0.05) is 6.61 Å². The van der Waals surface area contributed by atoms with Crippen LogP contribution in [0.2, 0.25) is 0 Å². The maximum absolute atomic E-state index is 5.41.